The van der Waals surface area contributed by atoms with Crippen LogP contribution in [0.3, 0.4) is 0 Å². The Hall–Kier alpha value is -1.42. The summed E-state index contributed by atoms with van der Waals surface area (Å²) in [5.74, 6) is 1.49. The zero-order chi connectivity index (χ0) is 14.8. The van der Waals surface area contributed by atoms with Gasteiger partial charge in [0.2, 0.25) is 0 Å². The van der Waals surface area contributed by atoms with E-state index in [-0.39, 0.29) is 0 Å². The number of methoxy groups -OCH3 is 2. The molecule has 0 amide bonds. The molecule has 0 saturated carbocycles. The molecule has 0 spiro atoms. The first kappa shape index (κ1) is 16.6. The Morgan fingerprint density at radius 2 is 1.85 bits per heavy atom. The minimum Gasteiger partial charge on any atom is -0.493 e. The number of esters is 1. The SMILES string of the molecule is COC(=O)c1ccc(OCCCCCCCl)c(OC)c1. The maximum absolute atomic E-state index is 11.4. The highest BCUT2D eigenvalue weighted by Gasteiger charge is 2.11. The number of alkyl halides is 1. The number of halogens is 1. The van der Waals surface area contributed by atoms with Gasteiger partial charge in [-0.1, -0.05) is 12.8 Å². The third-order valence-corrected chi connectivity index (χ3v) is 3.14. The Morgan fingerprint density at radius 3 is 2.50 bits per heavy atom. The summed E-state index contributed by atoms with van der Waals surface area (Å²) in [6.45, 7) is 0.621. The van der Waals surface area contributed by atoms with Gasteiger partial charge in [-0.3, -0.25) is 0 Å². The maximum Gasteiger partial charge on any atom is 0.337 e. The highest BCUT2D eigenvalue weighted by molar-refractivity contribution is 6.17. The number of carbonyl (C=O) groups excluding carboxylic acids is 1. The topological polar surface area (TPSA) is 44.8 Å². The summed E-state index contributed by atoms with van der Waals surface area (Å²) < 4.78 is 15.6. The Balaban J connectivity index is 2.51. The van der Waals surface area contributed by atoms with E-state index in [0.29, 0.717) is 29.5 Å². The summed E-state index contributed by atoms with van der Waals surface area (Å²) in [5, 5.41) is 0. The largest absolute Gasteiger partial charge is 0.493 e. The third kappa shape index (κ3) is 5.29. The minimum absolute atomic E-state index is 0.393. The quantitative estimate of drug-likeness (QED) is 0.396. The first-order chi connectivity index (χ1) is 9.72. The van der Waals surface area contributed by atoms with Crippen molar-refractivity contribution < 1.29 is 19.0 Å². The molecular formula is C15H21ClO4. The van der Waals surface area contributed by atoms with Gasteiger partial charge in [0.25, 0.3) is 0 Å². The molecule has 0 saturated heterocycles. The molecule has 5 heteroatoms. The lowest BCUT2D eigenvalue weighted by atomic mass is 10.2. The highest BCUT2D eigenvalue weighted by Crippen LogP contribution is 2.28. The number of benzene rings is 1. The number of carbonyl (C=O) groups is 1. The number of rotatable bonds is 9. The summed E-state index contributed by atoms with van der Waals surface area (Å²) in [7, 11) is 2.89. The van der Waals surface area contributed by atoms with Crippen LogP contribution in [0.1, 0.15) is 36.0 Å². The van der Waals surface area contributed by atoms with Crippen molar-refractivity contribution in [3.63, 3.8) is 0 Å². The Kier molecular flexibility index (Phi) is 7.88. The molecule has 0 radical (unpaired) electrons. The van der Waals surface area contributed by atoms with Crippen molar-refractivity contribution in [1.29, 1.82) is 0 Å². The zero-order valence-electron chi connectivity index (χ0n) is 12.0. The van der Waals surface area contributed by atoms with Gasteiger partial charge >= 0.3 is 5.97 Å². The highest BCUT2D eigenvalue weighted by atomic mass is 35.5. The van der Waals surface area contributed by atoms with Crippen LogP contribution in [0.5, 0.6) is 11.5 Å². The number of ether oxygens (including phenoxy) is 3. The second kappa shape index (κ2) is 9.48. The van der Waals surface area contributed by atoms with E-state index in [0.717, 1.165) is 25.7 Å². The smallest absolute Gasteiger partial charge is 0.337 e. The van der Waals surface area contributed by atoms with Gasteiger partial charge in [-0.25, -0.2) is 4.79 Å². The molecule has 4 nitrogen and oxygen atoms in total. The molecule has 0 aliphatic rings. The molecule has 112 valence electrons. The van der Waals surface area contributed by atoms with Gasteiger partial charge in [-0.05, 0) is 31.0 Å². The summed E-state index contributed by atoms with van der Waals surface area (Å²) in [6.07, 6.45) is 4.22. The molecule has 0 aliphatic heterocycles. The summed E-state index contributed by atoms with van der Waals surface area (Å²) in [4.78, 5) is 11.4. The van der Waals surface area contributed by atoms with Crippen LogP contribution in [0.4, 0.5) is 0 Å². The van der Waals surface area contributed by atoms with E-state index in [9.17, 15) is 4.79 Å². The van der Waals surface area contributed by atoms with E-state index < -0.39 is 5.97 Å². The molecule has 0 unspecified atom stereocenters. The van der Waals surface area contributed by atoms with Gasteiger partial charge < -0.3 is 14.2 Å². The molecule has 0 N–H and O–H groups in total. The van der Waals surface area contributed by atoms with Crippen LogP contribution in [-0.2, 0) is 4.74 Å². The normalized spacial score (nSPS) is 10.2. The van der Waals surface area contributed by atoms with Gasteiger partial charge in [-0.15, -0.1) is 11.6 Å². The van der Waals surface area contributed by atoms with E-state index >= 15 is 0 Å². The fraction of sp³-hybridized carbons (Fsp3) is 0.533. The molecule has 0 fully saturated rings. The fourth-order valence-electron chi connectivity index (χ4n) is 1.76. The van der Waals surface area contributed by atoms with E-state index in [1.807, 2.05) is 0 Å². The van der Waals surface area contributed by atoms with Crippen LogP contribution >= 0.6 is 11.6 Å². The van der Waals surface area contributed by atoms with E-state index in [2.05, 4.69) is 4.74 Å². The molecule has 0 aliphatic carbocycles. The molecule has 0 bridgehead atoms. The van der Waals surface area contributed by atoms with E-state index in [1.54, 1.807) is 25.3 Å². The number of hydrogen-bond donors (Lipinski definition) is 0. The fourth-order valence-corrected chi connectivity index (χ4v) is 1.95. The van der Waals surface area contributed by atoms with Gasteiger partial charge in [0.05, 0.1) is 26.4 Å². The van der Waals surface area contributed by atoms with Gasteiger partial charge in [0.15, 0.2) is 11.5 Å². The minimum atomic E-state index is -0.393. The van der Waals surface area contributed by atoms with Crippen LogP contribution in [0.2, 0.25) is 0 Å². The molecule has 20 heavy (non-hydrogen) atoms. The van der Waals surface area contributed by atoms with Crippen molar-refractivity contribution in [2.45, 2.75) is 25.7 Å². The van der Waals surface area contributed by atoms with Crippen molar-refractivity contribution in [1.82, 2.24) is 0 Å². The molecule has 1 aromatic carbocycles. The molecule has 0 atom stereocenters. The van der Waals surface area contributed by atoms with Crippen molar-refractivity contribution in [3.8, 4) is 11.5 Å². The lowest BCUT2D eigenvalue weighted by Gasteiger charge is -2.11. The monoisotopic (exact) mass is 300 g/mol. The lowest BCUT2D eigenvalue weighted by molar-refractivity contribution is 0.0600. The Labute approximate surface area is 125 Å². The van der Waals surface area contributed by atoms with Crippen LogP contribution < -0.4 is 9.47 Å². The number of hydrogen-bond acceptors (Lipinski definition) is 4. The van der Waals surface area contributed by atoms with Crippen LogP contribution in [0.15, 0.2) is 18.2 Å². The van der Waals surface area contributed by atoms with E-state index in [1.165, 1.54) is 7.11 Å². The lowest BCUT2D eigenvalue weighted by Crippen LogP contribution is -2.04. The Morgan fingerprint density at radius 1 is 1.10 bits per heavy atom. The summed E-state index contributed by atoms with van der Waals surface area (Å²) in [6, 6.07) is 5.01. The second-order valence-corrected chi connectivity index (χ2v) is 4.69. The van der Waals surface area contributed by atoms with Crippen LogP contribution in [0, 0.1) is 0 Å². The maximum atomic E-state index is 11.4. The third-order valence-electron chi connectivity index (χ3n) is 2.87. The first-order valence-corrected chi connectivity index (χ1v) is 7.21. The molecule has 0 heterocycles. The summed E-state index contributed by atoms with van der Waals surface area (Å²) in [5.41, 5.74) is 0.443. The van der Waals surface area contributed by atoms with Gasteiger partial charge in [0.1, 0.15) is 0 Å². The van der Waals surface area contributed by atoms with E-state index in [4.69, 9.17) is 21.1 Å². The van der Waals surface area contributed by atoms with Gasteiger partial charge in [-0.2, -0.15) is 0 Å². The van der Waals surface area contributed by atoms with Crippen LogP contribution in [0.25, 0.3) is 0 Å². The standard InChI is InChI=1S/C15H21ClO4/c1-18-14-11-12(15(17)19-2)7-8-13(14)20-10-6-4-3-5-9-16/h7-8,11H,3-6,9-10H2,1-2H3. The van der Waals surface area contributed by atoms with Crippen molar-refractivity contribution in [2.24, 2.45) is 0 Å². The average Bonchev–Trinajstić information content (AvgIpc) is 2.50. The van der Waals surface area contributed by atoms with Gasteiger partial charge in [0, 0.05) is 5.88 Å². The van der Waals surface area contributed by atoms with Crippen LogP contribution in [-0.4, -0.2) is 32.7 Å². The second-order valence-electron chi connectivity index (χ2n) is 4.31. The molecule has 0 aromatic heterocycles. The van der Waals surface area contributed by atoms with Crippen molar-refractivity contribution in [3.05, 3.63) is 23.8 Å². The first-order valence-electron chi connectivity index (χ1n) is 6.68. The Bertz CT molecular complexity index is 420. The molecular weight excluding hydrogens is 280 g/mol. The summed E-state index contributed by atoms with van der Waals surface area (Å²) >= 11 is 5.62. The predicted molar refractivity (Wildman–Crippen MR) is 79.0 cm³/mol. The molecule has 1 aromatic rings. The van der Waals surface area contributed by atoms with Crippen molar-refractivity contribution in [2.75, 3.05) is 26.7 Å². The predicted octanol–water partition coefficient (Wildman–Crippen LogP) is 3.66. The van der Waals surface area contributed by atoms with Crippen molar-refractivity contribution >= 4 is 17.6 Å². The number of unbranched alkanes of at least 4 members (excludes halogenated alkanes) is 3. The average molecular weight is 301 g/mol. The zero-order valence-corrected chi connectivity index (χ0v) is 12.7. The molecule has 1 rings (SSSR count).